The van der Waals surface area contributed by atoms with Crippen molar-refractivity contribution < 1.29 is 27.6 Å². The van der Waals surface area contributed by atoms with Crippen LogP contribution in [0.2, 0.25) is 10.0 Å². The summed E-state index contributed by atoms with van der Waals surface area (Å²) < 4.78 is 42.9. The van der Waals surface area contributed by atoms with E-state index in [0.717, 1.165) is 17.1 Å². The van der Waals surface area contributed by atoms with E-state index in [0.29, 0.717) is 16.8 Å². The molecule has 0 saturated carbocycles. The quantitative estimate of drug-likeness (QED) is 0.316. The first-order valence-corrected chi connectivity index (χ1v) is 12.1. The Morgan fingerprint density at radius 3 is 2.18 bits per heavy atom. The minimum Gasteiger partial charge on any atom is -0.374 e. The smallest absolute Gasteiger partial charge is 0.374 e. The van der Waals surface area contributed by atoms with Crippen molar-refractivity contribution in [3.05, 3.63) is 99.0 Å². The lowest BCUT2D eigenvalue weighted by atomic mass is 9.86. The summed E-state index contributed by atoms with van der Waals surface area (Å²) in [5, 5.41) is 6.24. The number of amides is 2. The molecule has 0 aromatic heterocycles. The molecular formula is C27H22Cl2F3N3O3. The van der Waals surface area contributed by atoms with E-state index in [9.17, 15) is 22.8 Å². The average Bonchev–Trinajstić information content (AvgIpc) is 3.31. The van der Waals surface area contributed by atoms with Gasteiger partial charge in [0.2, 0.25) is 5.91 Å². The number of benzene rings is 3. The van der Waals surface area contributed by atoms with E-state index in [1.807, 2.05) is 6.07 Å². The topological polar surface area (TPSA) is 62.2 Å². The van der Waals surface area contributed by atoms with Crippen LogP contribution in [0, 0.1) is 6.92 Å². The highest BCUT2D eigenvalue weighted by atomic mass is 35.5. The van der Waals surface area contributed by atoms with E-state index in [1.54, 1.807) is 38.2 Å². The molecule has 6 nitrogen and oxygen atoms in total. The first-order valence-electron chi connectivity index (χ1n) is 11.4. The van der Waals surface area contributed by atoms with Gasteiger partial charge in [-0.3, -0.25) is 14.6 Å². The lowest BCUT2D eigenvalue weighted by Gasteiger charge is -2.31. The van der Waals surface area contributed by atoms with E-state index < -0.39 is 30.0 Å². The van der Waals surface area contributed by atoms with Gasteiger partial charge < -0.3 is 4.84 Å². The Hall–Kier alpha value is -3.56. The summed E-state index contributed by atoms with van der Waals surface area (Å²) in [5.74, 6) is -1.09. The van der Waals surface area contributed by atoms with E-state index in [-0.39, 0.29) is 26.9 Å². The number of carbonyl (C=O) groups is 2. The van der Waals surface area contributed by atoms with Gasteiger partial charge in [0.1, 0.15) is 0 Å². The standard InChI is InChI=1S/C27H22Cl2F3N3O3/c1-16-11-18(9-10-23(16)25(37)35(17(2)36)34(3)22-7-5-4-6-8-22)24-15-26(38-33-24,27(30,31)32)19-12-20(28)14-21(29)13-19/h4-14H,15H2,1-3H3. The zero-order valence-corrected chi connectivity index (χ0v) is 22.0. The molecule has 1 aliphatic rings. The van der Waals surface area contributed by atoms with Gasteiger partial charge in [0, 0.05) is 41.6 Å². The number of hydrogen-bond donors (Lipinski definition) is 0. The summed E-state index contributed by atoms with van der Waals surface area (Å²) in [6, 6.07) is 16.9. The zero-order chi connectivity index (χ0) is 27.8. The van der Waals surface area contributed by atoms with Crippen LogP contribution in [-0.4, -0.2) is 35.8 Å². The molecule has 4 rings (SSSR count). The number of para-hydroxylation sites is 1. The van der Waals surface area contributed by atoms with Gasteiger partial charge in [-0.25, -0.2) is 0 Å². The first kappa shape index (κ1) is 27.5. The van der Waals surface area contributed by atoms with Crippen LogP contribution in [0.1, 0.15) is 40.4 Å². The third-order valence-corrected chi connectivity index (χ3v) is 6.66. The lowest BCUT2D eigenvalue weighted by Crippen LogP contribution is -2.47. The predicted octanol–water partition coefficient (Wildman–Crippen LogP) is 6.92. The summed E-state index contributed by atoms with van der Waals surface area (Å²) in [5.41, 5.74) is -1.41. The number of hydrogen-bond acceptors (Lipinski definition) is 5. The van der Waals surface area contributed by atoms with Crippen LogP contribution < -0.4 is 5.01 Å². The Labute approximate surface area is 227 Å². The summed E-state index contributed by atoms with van der Waals surface area (Å²) in [6.07, 6.45) is -5.46. The predicted molar refractivity (Wildman–Crippen MR) is 139 cm³/mol. The number of rotatable bonds is 5. The van der Waals surface area contributed by atoms with Crippen molar-refractivity contribution >= 4 is 46.4 Å². The molecule has 1 heterocycles. The second kappa shape index (κ2) is 10.3. The minimum absolute atomic E-state index is 0.0300. The molecule has 198 valence electrons. The second-order valence-corrected chi connectivity index (χ2v) is 9.69. The van der Waals surface area contributed by atoms with Crippen LogP contribution in [0.25, 0.3) is 0 Å². The number of oxime groups is 1. The number of nitrogens with zero attached hydrogens (tertiary/aromatic N) is 3. The third kappa shape index (κ3) is 5.08. The number of imide groups is 1. The molecule has 0 spiro atoms. The Morgan fingerprint density at radius 1 is 1.00 bits per heavy atom. The molecule has 0 N–H and O–H groups in total. The van der Waals surface area contributed by atoms with Crippen molar-refractivity contribution in [1.29, 1.82) is 0 Å². The van der Waals surface area contributed by atoms with Gasteiger partial charge >= 0.3 is 6.18 Å². The van der Waals surface area contributed by atoms with Crippen molar-refractivity contribution in [2.75, 3.05) is 12.1 Å². The van der Waals surface area contributed by atoms with Crippen LogP contribution in [-0.2, 0) is 15.2 Å². The van der Waals surface area contributed by atoms with E-state index in [4.69, 9.17) is 28.0 Å². The maximum Gasteiger partial charge on any atom is 0.435 e. The molecule has 0 radical (unpaired) electrons. The highest BCUT2D eigenvalue weighted by Crippen LogP contribution is 2.49. The summed E-state index contributed by atoms with van der Waals surface area (Å²) in [4.78, 5) is 30.8. The van der Waals surface area contributed by atoms with Gasteiger partial charge in [0.25, 0.3) is 11.5 Å². The Morgan fingerprint density at radius 2 is 1.63 bits per heavy atom. The maximum absolute atomic E-state index is 14.3. The van der Waals surface area contributed by atoms with E-state index >= 15 is 0 Å². The van der Waals surface area contributed by atoms with Crippen molar-refractivity contribution in [3.63, 3.8) is 0 Å². The molecule has 3 aromatic rings. The Kier molecular flexibility index (Phi) is 7.45. The van der Waals surface area contributed by atoms with Crippen LogP contribution in [0.3, 0.4) is 0 Å². The molecule has 0 bridgehead atoms. The fourth-order valence-electron chi connectivity index (χ4n) is 4.29. The molecule has 0 saturated heterocycles. The van der Waals surface area contributed by atoms with Crippen LogP contribution in [0.15, 0.2) is 71.9 Å². The maximum atomic E-state index is 14.3. The van der Waals surface area contributed by atoms with Crippen molar-refractivity contribution in [1.82, 2.24) is 5.01 Å². The van der Waals surface area contributed by atoms with Crippen molar-refractivity contribution in [2.24, 2.45) is 5.16 Å². The molecule has 0 aliphatic carbocycles. The molecule has 1 aliphatic heterocycles. The van der Waals surface area contributed by atoms with E-state index in [1.165, 1.54) is 36.2 Å². The molecule has 3 aromatic carbocycles. The molecule has 0 fully saturated rings. The van der Waals surface area contributed by atoms with Gasteiger partial charge in [0.05, 0.1) is 11.4 Å². The SMILES string of the molecule is CC(=O)N(C(=O)c1ccc(C2=NOC(c3cc(Cl)cc(Cl)c3)(C(F)(F)F)C2)cc1C)N(C)c1ccccc1. The number of halogens is 5. The number of anilines is 1. The summed E-state index contributed by atoms with van der Waals surface area (Å²) in [6.45, 7) is 2.89. The normalized spacial score (nSPS) is 17.0. The molecule has 2 amide bonds. The highest BCUT2D eigenvalue weighted by molar-refractivity contribution is 6.34. The largest absolute Gasteiger partial charge is 0.435 e. The summed E-state index contributed by atoms with van der Waals surface area (Å²) in [7, 11) is 1.59. The van der Waals surface area contributed by atoms with Gasteiger partial charge in [-0.05, 0) is 60.5 Å². The van der Waals surface area contributed by atoms with Crippen molar-refractivity contribution in [3.8, 4) is 0 Å². The number of aryl methyl sites for hydroxylation is 1. The van der Waals surface area contributed by atoms with E-state index in [2.05, 4.69) is 5.16 Å². The van der Waals surface area contributed by atoms with Gasteiger partial charge in [0.15, 0.2) is 0 Å². The molecule has 1 unspecified atom stereocenters. The first-order chi connectivity index (χ1) is 17.8. The van der Waals surface area contributed by atoms with Crippen molar-refractivity contribution in [2.45, 2.75) is 32.0 Å². The molecule has 1 atom stereocenters. The van der Waals surface area contributed by atoms with Gasteiger partial charge in [-0.1, -0.05) is 52.6 Å². The Bertz CT molecular complexity index is 1410. The average molecular weight is 564 g/mol. The van der Waals surface area contributed by atoms with Crippen LogP contribution >= 0.6 is 23.2 Å². The number of hydrazine groups is 1. The fourth-order valence-corrected chi connectivity index (χ4v) is 4.82. The van der Waals surface area contributed by atoms with Crippen LogP contribution in [0.4, 0.5) is 18.9 Å². The molecule has 11 heteroatoms. The van der Waals surface area contributed by atoms with Gasteiger partial charge in [-0.15, -0.1) is 0 Å². The Balaban J connectivity index is 1.64. The summed E-state index contributed by atoms with van der Waals surface area (Å²) >= 11 is 11.9. The fraction of sp³-hybridized carbons (Fsp3) is 0.222. The number of carbonyl (C=O) groups excluding carboxylic acids is 2. The highest BCUT2D eigenvalue weighted by Gasteiger charge is 2.62. The zero-order valence-electron chi connectivity index (χ0n) is 20.5. The minimum atomic E-state index is -4.83. The molecular weight excluding hydrogens is 542 g/mol. The van der Waals surface area contributed by atoms with Crippen LogP contribution in [0.5, 0.6) is 0 Å². The number of alkyl halides is 3. The molecule has 38 heavy (non-hydrogen) atoms. The van der Waals surface area contributed by atoms with Gasteiger partial charge in [-0.2, -0.15) is 18.2 Å². The second-order valence-electron chi connectivity index (χ2n) is 8.81. The monoisotopic (exact) mass is 563 g/mol. The third-order valence-electron chi connectivity index (χ3n) is 6.23. The lowest BCUT2D eigenvalue weighted by molar-refractivity contribution is -0.275.